The number of hydrogen-bond acceptors (Lipinski definition) is 3. The van der Waals surface area contributed by atoms with Gasteiger partial charge in [-0.1, -0.05) is 6.07 Å². The van der Waals surface area contributed by atoms with Gasteiger partial charge in [0.1, 0.15) is 5.69 Å². The van der Waals surface area contributed by atoms with Crippen molar-refractivity contribution in [1.82, 2.24) is 15.4 Å². The predicted octanol–water partition coefficient (Wildman–Crippen LogP) is 1.73. The molecule has 0 aliphatic carbocycles. The molecule has 1 aromatic rings. The third-order valence-corrected chi connectivity index (χ3v) is 2.66. The normalized spacial score (nSPS) is 16.4. The predicted molar refractivity (Wildman–Crippen MR) is 57.0 cm³/mol. The molecule has 0 radical (unpaired) electrons. The van der Waals surface area contributed by atoms with E-state index in [0.29, 0.717) is 18.5 Å². The Morgan fingerprint density at radius 1 is 1.39 bits per heavy atom. The summed E-state index contributed by atoms with van der Waals surface area (Å²) >= 11 is 0. The van der Waals surface area contributed by atoms with Crippen molar-refractivity contribution >= 4 is 5.91 Å². The van der Waals surface area contributed by atoms with E-state index >= 15 is 0 Å². The molecule has 4 nitrogen and oxygen atoms in total. The van der Waals surface area contributed by atoms with Crippen LogP contribution < -0.4 is 5.43 Å². The number of alkyl halides is 3. The first kappa shape index (κ1) is 12.8. The maximum absolute atomic E-state index is 12.3. The molecule has 1 saturated heterocycles. The topological polar surface area (TPSA) is 45.2 Å². The highest BCUT2D eigenvalue weighted by molar-refractivity contribution is 5.77. The SMILES string of the molecule is O=C1CCCN1NCc1ccc(C(F)(F)F)nc1. The Hall–Kier alpha value is -1.63. The van der Waals surface area contributed by atoms with Crippen molar-refractivity contribution in [2.75, 3.05) is 6.54 Å². The van der Waals surface area contributed by atoms with Crippen LogP contribution in [-0.4, -0.2) is 22.4 Å². The van der Waals surface area contributed by atoms with Gasteiger partial charge < -0.3 is 0 Å². The number of rotatable bonds is 3. The number of carbonyl (C=O) groups excluding carboxylic acids is 1. The highest BCUT2D eigenvalue weighted by Gasteiger charge is 2.32. The van der Waals surface area contributed by atoms with Crippen molar-refractivity contribution < 1.29 is 18.0 Å². The number of nitrogens with zero attached hydrogens (tertiary/aromatic N) is 2. The van der Waals surface area contributed by atoms with Gasteiger partial charge in [-0.15, -0.1) is 0 Å². The van der Waals surface area contributed by atoms with Crippen molar-refractivity contribution in [3.05, 3.63) is 29.6 Å². The van der Waals surface area contributed by atoms with Gasteiger partial charge >= 0.3 is 6.18 Å². The Bertz CT molecular complexity index is 430. The highest BCUT2D eigenvalue weighted by Crippen LogP contribution is 2.27. The minimum absolute atomic E-state index is 0.00914. The lowest BCUT2D eigenvalue weighted by Crippen LogP contribution is -2.38. The van der Waals surface area contributed by atoms with Crippen LogP contribution in [0.2, 0.25) is 0 Å². The molecule has 2 heterocycles. The summed E-state index contributed by atoms with van der Waals surface area (Å²) in [5.41, 5.74) is 2.55. The molecule has 1 aliphatic rings. The number of aromatic nitrogens is 1. The Kier molecular flexibility index (Phi) is 3.51. The van der Waals surface area contributed by atoms with Crippen molar-refractivity contribution in [3.8, 4) is 0 Å². The summed E-state index contributed by atoms with van der Waals surface area (Å²) in [5, 5.41) is 1.48. The second-order valence-electron chi connectivity index (χ2n) is 4.03. The van der Waals surface area contributed by atoms with Crippen LogP contribution in [0.15, 0.2) is 18.3 Å². The fraction of sp³-hybridized carbons (Fsp3) is 0.455. The Morgan fingerprint density at radius 2 is 2.17 bits per heavy atom. The fourth-order valence-electron chi connectivity index (χ4n) is 1.70. The molecule has 1 amide bonds. The van der Waals surface area contributed by atoms with Gasteiger partial charge in [0.05, 0.1) is 0 Å². The summed E-state index contributed by atoms with van der Waals surface area (Å²) in [7, 11) is 0. The van der Waals surface area contributed by atoms with Crippen molar-refractivity contribution in [3.63, 3.8) is 0 Å². The minimum atomic E-state index is -4.42. The summed E-state index contributed by atoms with van der Waals surface area (Å²) in [4.78, 5) is 14.6. The lowest BCUT2D eigenvalue weighted by molar-refractivity contribution is -0.141. The fourth-order valence-corrected chi connectivity index (χ4v) is 1.70. The van der Waals surface area contributed by atoms with Crippen LogP contribution in [0.3, 0.4) is 0 Å². The zero-order valence-electron chi connectivity index (χ0n) is 9.50. The number of halogens is 3. The zero-order chi connectivity index (χ0) is 13.2. The van der Waals surface area contributed by atoms with E-state index in [1.807, 2.05) is 0 Å². The van der Waals surface area contributed by atoms with Crippen LogP contribution >= 0.6 is 0 Å². The third-order valence-electron chi connectivity index (χ3n) is 2.66. The van der Waals surface area contributed by atoms with E-state index in [2.05, 4.69) is 10.4 Å². The summed E-state index contributed by atoms with van der Waals surface area (Å²) in [6.45, 7) is 0.920. The van der Waals surface area contributed by atoms with E-state index in [-0.39, 0.29) is 12.5 Å². The summed E-state index contributed by atoms with van der Waals surface area (Å²) in [6.07, 6.45) is -1.94. The second kappa shape index (κ2) is 4.93. The van der Waals surface area contributed by atoms with E-state index in [0.717, 1.165) is 18.7 Å². The largest absolute Gasteiger partial charge is 0.433 e. The van der Waals surface area contributed by atoms with E-state index < -0.39 is 11.9 Å². The van der Waals surface area contributed by atoms with Gasteiger partial charge in [0.25, 0.3) is 0 Å². The average Bonchev–Trinajstić information content (AvgIpc) is 2.72. The summed E-state index contributed by atoms with van der Waals surface area (Å²) in [6, 6.07) is 2.28. The number of nitrogens with one attached hydrogen (secondary N) is 1. The van der Waals surface area contributed by atoms with Gasteiger partial charge in [-0.05, 0) is 18.1 Å². The molecule has 1 aliphatic heterocycles. The molecule has 1 aromatic heterocycles. The molecule has 0 saturated carbocycles. The van der Waals surface area contributed by atoms with Crippen LogP contribution in [0.1, 0.15) is 24.1 Å². The molecule has 98 valence electrons. The molecular weight excluding hydrogens is 247 g/mol. The van der Waals surface area contributed by atoms with Crippen LogP contribution in [0, 0.1) is 0 Å². The molecule has 0 atom stereocenters. The molecule has 1 N–H and O–H groups in total. The number of hydrazine groups is 1. The monoisotopic (exact) mass is 259 g/mol. The van der Waals surface area contributed by atoms with Crippen molar-refractivity contribution in [1.29, 1.82) is 0 Å². The van der Waals surface area contributed by atoms with Crippen molar-refractivity contribution in [2.45, 2.75) is 25.6 Å². The quantitative estimate of drug-likeness (QED) is 0.899. The molecule has 0 spiro atoms. The van der Waals surface area contributed by atoms with Crippen LogP contribution in [0.25, 0.3) is 0 Å². The van der Waals surface area contributed by atoms with Gasteiger partial charge in [-0.25, -0.2) is 5.43 Å². The number of hydrogen-bond donors (Lipinski definition) is 1. The van der Waals surface area contributed by atoms with E-state index in [4.69, 9.17) is 0 Å². The zero-order valence-corrected chi connectivity index (χ0v) is 9.50. The number of amides is 1. The first-order valence-electron chi connectivity index (χ1n) is 5.53. The Labute approximate surface area is 102 Å². The van der Waals surface area contributed by atoms with Gasteiger partial charge in [0, 0.05) is 25.7 Å². The van der Waals surface area contributed by atoms with Gasteiger partial charge in [0.15, 0.2) is 0 Å². The van der Waals surface area contributed by atoms with Crippen LogP contribution in [-0.2, 0) is 17.5 Å². The summed E-state index contributed by atoms with van der Waals surface area (Å²) < 4.78 is 36.8. The first-order valence-corrected chi connectivity index (χ1v) is 5.53. The Morgan fingerprint density at radius 3 is 2.67 bits per heavy atom. The average molecular weight is 259 g/mol. The lowest BCUT2D eigenvalue weighted by Gasteiger charge is -2.16. The van der Waals surface area contributed by atoms with Crippen LogP contribution in [0.5, 0.6) is 0 Å². The molecular formula is C11H12F3N3O. The van der Waals surface area contributed by atoms with Gasteiger partial charge in [-0.2, -0.15) is 13.2 Å². The van der Waals surface area contributed by atoms with Crippen LogP contribution in [0.4, 0.5) is 13.2 Å². The number of pyridine rings is 1. The third kappa shape index (κ3) is 2.98. The first-order chi connectivity index (χ1) is 8.47. The molecule has 0 bridgehead atoms. The smallest absolute Gasteiger partial charge is 0.278 e. The molecule has 7 heteroatoms. The van der Waals surface area contributed by atoms with E-state index in [1.54, 1.807) is 0 Å². The second-order valence-corrected chi connectivity index (χ2v) is 4.03. The van der Waals surface area contributed by atoms with E-state index in [1.165, 1.54) is 11.1 Å². The lowest BCUT2D eigenvalue weighted by atomic mass is 10.2. The molecule has 0 aromatic carbocycles. The molecule has 18 heavy (non-hydrogen) atoms. The molecule has 1 fully saturated rings. The van der Waals surface area contributed by atoms with Gasteiger partial charge in [-0.3, -0.25) is 14.8 Å². The van der Waals surface area contributed by atoms with Crippen molar-refractivity contribution in [2.24, 2.45) is 0 Å². The maximum atomic E-state index is 12.3. The number of carbonyl (C=O) groups is 1. The highest BCUT2D eigenvalue weighted by atomic mass is 19.4. The molecule has 0 unspecified atom stereocenters. The Balaban J connectivity index is 1.92. The minimum Gasteiger partial charge on any atom is -0.278 e. The van der Waals surface area contributed by atoms with E-state index in [9.17, 15) is 18.0 Å². The summed E-state index contributed by atoms with van der Waals surface area (Å²) in [5.74, 6) is 0.00914. The molecule has 2 rings (SSSR count). The maximum Gasteiger partial charge on any atom is 0.433 e. The van der Waals surface area contributed by atoms with Gasteiger partial charge in [0.2, 0.25) is 5.91 Å². The standard InChI is InChI=1S/C11H12F3N3O/c12-11(13,14)9-4-3-8(6-15-9)7-16-17-5-1-2-10(17)18/h3-4,6,16H,1-2,5,7H2.